The standard InChI is InChI=1S/C32H37NO4/c1-2-3-4-5-6-14-21-37-32(36)30(31(35)23-15-8-7-9-16-23)33-29(34)22-28-26-19-12-10-17-24(26)25-18-11-13-20-27(25)28/h7-13,15-20,28,30-31,35H,2-6,14,21-22H2,1H3,(H,33,34)/t30-,31-/m1/s1. The van der Waals surface area contributed by atoms with Gasteiger partial charge in [0.25, 0.3) is 0 Å². The van der Waals surface area contributed by atoms with Crippen LogP contribution in [0.3, 0.4) is 0 Å². The van der Waals surface area contributed by atoms with Gasteiger partial charge in [-0.15, -0.1) is 0 Å². The average molecular weight is 500 g/mol. The summed E-state index contributed by atoms with van der Waals surface area (Å²) < 4.78 is 5.52. The molecular weight excluding hydrogens is 462 g/mol. The Labute approximate surface area is 219 Å². The molecule has 0 bridgehead atoms. The summed E-state index contributed by atoms with van der Waals surface area (Å²) in [4.78, 5) is 26.4. The Kier molecular flexibility index (Phi) is 9.50. The summed E-state index contributed by atoms with van der Waals surface area (Å²) in [6.07, 6.45) is 5.44. The zero-order chi connectivity index (χ0) is 26.0. The lowest BCUT2D eigenvalue weighted by atomic mass is 9.93. The largest absolute Gasteiger partial charge is 0.464 e. The number of esters is 1. The number of aliphatic hydroxyl groups excluding tert-OH is 1. The minimum atomic E-state index is -1.20. The predicted octanol–water partition coefficient (Wildman–Crippen LogP) is 6.31. The van der Waals surface area contributed by atoms with Crippen LogP contribution < -0.4 is 5.32 Å². The number of carbonyl (C=O) groups is 2. The highest BCUT2D eigenvalue weighted by molar-refractivity contribution is 5.88. The first-order valence-corrected chi connectivity index (χ1v) is 13.5. The molecule has 2 atom stereocenters. The number of fused-ring (bicyclic) bond motifs is 3. The van der Waals surface area contributed by atoms with Crippen LogP contribution in [0.15, 0.2) is 78.9 Å². The summed E-state index contributed by atoms with van der Waals surface area (Å²) in [5, 5.41) is 13.9. The molecule has 5 nitrogen and oxygen atoms in total. The van der Waals surface area contributed by atoms with Crippen LogP contribution in [0.2, 0.25) is 0 Å². The van der Waals surface area contributed by atoms with E-state index >= 15 is 0 Å². The minimum Gasteiger partial charge on any atom is -0.464 e. The second-order valence-corrected chi connectivity index (χ2v) is 9.77. The van der Waals surface area contributed by atoms with Gasteiger partial charge in [0.15, 0.2) is 6.04 Å². The second kappa shape index (κ2) is 13.2. The molecule has 0 heterocycles. The summed E-state index contributed by atoms with van der Waals surface area (Å²) in [5.74, 6) is -1.01. The van der Waals surface area contributed by atoms with E-state index in [0.717, 1.165) is 41.5 Å². The smallest absolute Gasteiger partial charge is 0.331 e. The van der Waals surface area contributed by atoms with Crippen molar-refractivity contribution in [2.45, 2.75) is 69.9 Å². The van der Waals surface area contributed by atoms with E-state index in [-0.39, 0.29) is 24.9 Å². The number of hydrogen-bond acceptors (Lipinski definition) is 4. The lowest BCUT2D eigenvalue weighted by Gasteiger charge is -2.24. The molecule has 0 unspecified atom stereocenters. The van der Waals surface area contributed by atoms with Gasteiger partial charge in [0.05, 0.1) is 6.61 Å². The molecule has 2 N–H and O–H groups in total. The fraction of sp³-hybridized carbons (Fsp3) is 0.375. The normalized spacial score (nSPS) is 13.9. The van der Waals surface area contributed by atoms with Crippen molar-refractivity contribution in [1.82, 2.24) is 5.32 Å². The quantitative estimate of drug-likeness (QED) is 0.213. The molecular formula is C32H37NO4. The van der Waals surface area contributed by atoms with Crippen LogP contribution in [0, 0.1) is 0 Å². The highest BCUT2D eigenvalue weighted by atomic mass is 16.5. The SMILES string of the molecule is CCCCCCCCOC(=O)[C@H](NC(=O)CC1c2ccccc2-c2ccccc21)[C@H](O)c1ccccc1. The van der Waals surface area contributed by atoms with E-state index in [1.807, 2.05) is 30.3 Å². The maximum atomic E-state index is 13.3. The van der Waals surface area contributed by atoms with E-state index in [2.05, 4.69) is 36.5 Å². The average Bonchev–Trinajstić information content (AvgIpc) is 3.24. The Morgan fingerprint density at radius 3 is 2.03 bits per heavy atom. The Morgan fingerprint density at radius 2 is 1.38 bits per heavy atom. The second-order valence-electron chi connectivity index (χ2n) is 9.77. The van der Waals surface area contributed by atoms with Crippen LogP contribution in [0.4, 0.5) is 0 Å². The van der Waals surface area contributed by atoms with Gasteiger partial charge < -0.3 is 15.2 Å². The number of hydrogen-bond donors (Lipinski definition) is 2. The number of nitrogens with one attached hydrogen (secondary N) is 1. The Bertz CT molecular complexity index is 1130. The van der Waals surface area contributed by atoms with E-state index in [1.165, 1.54) is 19.3 Å². The van der Waals surface area contributed by atoms with Gasteiger partial charge in [0, 0.05) is 12.3 Å². The molecule has 1 amide bonds. The first-order chi connectivity index (χ1) is 18.1. The van der Waals surface area contributed by atoms with Crippen molar-refractivity contribution >= 4 is 11.9 Å². The summed E-state index contributed by atoms with van der Waals surface area (Å²) in [7, 11) is 0. The topological polar surface area (TPSA) is 75.6 Å². The van der Waals surface area contributed by atoms with E-state index in [1.54, 1.807) is 24.3 Å². The van der Waals surface area contributed by atoms with Crippen LogP contribution >= 0.6 is 0 Å². The first-order valence-electron chi connectivity index (χ1n) is 13.5. The number of rotatable bonds is 13. The van der Waals surface area contributed by atoms with Crippen LogP contribution in [0.25, 0.3) is 11.1 Å². The highest BCUT2D eigenvalue weighted by Gasteiger charge is 2.34. The maximum Gasteiger partial charge on any atom is 0.331 e. The summed E-state index contributed by atoms with van der Waals surface area (Å²) in [5.41, 5.74) is 5.03. The fourth-order valence-corrected chi connectivity index (χ4v) is 5.15. The molecule has 5 heteroatoms. The lowest BCUT2D eigenvalue weighted by Crippen LogP contribution is -2.46. The number of ether oxygens (including phenoxy) is 1. The molecule has 0 aromatic heterocycles. The van der Waals surface area contributed by atoms with Crippen molar-refractivity contribution in [2.75, 3.05) is 6.61 Å². The minimum absolute atomic E-state index is 0.110. The predicted molar refractivity (Wildman–Crippen MR) is 146 cm³/mol. The van der Waals surface area contributed by atoms with E-state index < -0.39 is 18.1 Å². The number of amides is 1. The molecule has 4 rings (SSSR count). The van der Waals surface area contributed by atoms with Crippen LogP contribution in [-0.4, -0.2) is 29.6 Å². The third-order valence-electron chi connectivity index (χ3n) is 7.12. The Balaban J connectivity index is 1.44. The maximum absolute atomic E-state index is 13.3. The number of aliphatic hydroxyl groups is 1. The van der Waals surface area contributed by atoms with Gasteiger partial charge in [0.2, 0.25) is 5.91 Å². The lowest BCUT2D eigenvalue weighted by molar-refractivity contribution is -0.151. The molecule has 0 saturated heterocycles. The Morgan fingerprint density at radius 1 is 0.811 bits per heavy atom. The van der Waals surface area contributed by atoms with E-state index in [4.69, 9.17) is 4.74 Å². The van der Waals surface area contributed by atoms with E-state index in [9.17, 15) is 14.7 Å². The van der Waals surface area contributed by atoms with Gasteiger partial charge >= 0.3 is 5.97 Å². The molecule has 0 fully saturated rings. The number of carbonyl (C=O) groups excluding carboxylic acids is 2. The van der Waals surface area contributed by atoms with Crippen molar-refractivity contribution in [3.8, 4) is 11.1 Å². The van der Waals surface area contributed by atoms with E-state index in [0.29, 0.717) is 5.56 Å². The number of benzene rings is 3. The van der Waals surface area contributed by atoms with Gasteiger partial charge in [-0.1, -0.05) is 118 Å². The van der Waals surface area contributed by atoms with Gasteiger partial charge in [-0.3, -0.25) is 4.79 Å². The van der Waals surface area contributed by atoms with Gasteiger partial charge in [-0.05, 0) is 34.2 Å². The molecule has 1 aliphatic carbocycles. The molecule has 0 saturated carbocycles. The third-order valence-corrected chi connectivity index (χ3v) is 7.12. The molecule has 1 aliphatic rings. The monoisotopic (exact) mass is 499 g/mol. The van der Waals surface area contributed by atoms with Crippen LogP contribution in [-0.2, 0) is 14.3 Å². The fourth-order valence-electron chi connectivity index (χ4n) is 5.15. The zero-order valence-corrected chi connectivity index (χ0v) is 21.6. The summed E-state index contributed by atoms with van der Waals surface area (Å²) in [6, 6.07) is 24.0. The van der Waals surface area contributed by atoms with Crippen molar-refractivity contribution < 1.29 is 19.4 Å². The first kappa shape index (κ1) is 26.6. The molecule has 0 spiro atoms. The molecule has 3 aromatic carbocycles. The summed E-state index contributed by atoms with van der Waals surface area (Å²) in [6.45, 7) is 2.46. The van der Waals surface area contributed by atoms with Crippen molar-refractivity contribution in [3.05, 3.63) is 95.6 Å². The van der Waals surface area contributed by atoms with Crippen LogP contribution in [0.1, 0.15) is 80.6 Å². The van der Waals surface area contributed by atoms with Gasteiger partial charge in [-0.2, -0.15) is 0 Å². The molecule has 0 radical (unpaired) electrons. The Hall–Kier alpha value is -3.44. The zero-order valence-electron chi connectivity index (χ0n) is 21.6. The molecule has 3 aromatic rings. The third kappa shape index (κ3) is 6.66. The molecule has 0 aliphatic heterocycles. The van der Waals surface area contributed by atoms with Crippen molar-refractivity contribution in [1.29, 1.82) is 0 Å². The van der Waals surface area contributed by atoms with Gasteiger partial charge in [0.1, 0.15) is 6.10 Å². The van der Waals surface area contributed by atoms with Crippen molar-refractivity contribution in [3.63, 3.8) is 0 Å². The van der Waals surface area contributed by atoms with Crippen LogP contribution in [0.5, 0.6) is 0 Å². The van der Waals surface area contributed by atoms with Gasteiger partial charge in [-0.25, -0.2) is 4.79 Å². The summed E-state index contributed by atoms with van der Waals surface area (Å²) >= 11 is 0. The van der Waals surface area contributed by atoms with Crippen molar-refractivity contribution in [2.24, 2.45) is 0 Å². The molecule has 37 heavy (non-hydrogen) atoms. The highest BCUT2D eigenvalue weighted by Crippen LogP contribution is 2.46. The molecule has 194 valence electrons. The number of unbranched alkanes of at least 4 members (excludes halogenated alkanes) is 5.